The fourth-order valence-corrected chi connectivity index (χ4v) is 5.50. The van der Waals surface area contributed by atoms with Crippen LogP contribution in [0.1, 0.15) is 25.0 Å². The minimum absolute atomic E-state index is 0.00377. The molecule has 0 N–H and O–H groups in total. The molecule has 4 aromatic rings. The summed E-state index contributed by atoms with van der Waals surface area (Å²) in [6, 6.07) is 18.8. The molecule has 0 atom stereocenters. The molecule has 0 unspecified atom stereocenters. The van der Waals surface area contributed by atoms with Crippen LogP contribution in [0.5, 0.6) is 0 Å². The number of sulfone groups is 1. The Morgan fingerprint density at radius 2 is 1.28 bits per heavy atom. The molecule has 0 aliphatic rings. The molecule has 2 aromatic carbocycles. The molecule has 2 aromatic heterocycles. The van der Waals surface area contributed by atoms with Crippen LogP contribution in [-0.2, 0) is 34.4 Å². The fourth-order valence-electron chi connectivity index (χ4n) is 3.25. The summed E-state index contributed by atoms with van der Waals surface area (Å²) in [4.78, 5) is 31.7. The van der Waals surface area contributed by atoms with Gasteiger partial charge >= 0.3 is 0 Å². The van der Waals surface area contributed by atoms with E-state index in [1.165, 1.54) is 34.3 Å². The summed E-state index contributed by atoms with van der Waals surface area (Å²) >= 11 is 1.49. The molecule has 0 aliphatic carbocycles. The maximum atomic E-state index is 12.2. The van der Waals surface area contributed by atoms with Gasteiger partial charge in [-0.3, -0.25) is 9.59 Å². The summed E-state index contributed by atoms with van der Waals surface area (Å²) in [5, 5.41) is 0.180. The molecular formula is C26H28N4O4S2. The highest BCUT2D eigenvalue weighted by molar-refractivity contribution is 7.98. The van der Waals surface area contributed by atoms with Crippen molar-refractivity contribution in [3.63, 3.8) is 0 Å². The Morgan fingerprint density at radius 1 is 0.750 bits per heavy atom. The van der Waals surface area contributed by atoms with Crippen molar-refractivity contribution >= 4 is 21.6 Å². The van der Waals surface area contributed by atoms with Gasteiger partial charge in [0, 0.05) is 43.6 Å². The van der Waals surface area contributed by atoms with Gasteiger partial charge in [0.1, 0.15) is 0 Å². The Kier molecular flexibility index (Phi) is 9.77. The number of hydrogen-bond donors (Lipinski definition) is 0. The summed E-state index contributed by atoms with van der Waals surface area (Å²) in [6.45, 7) is 4.82. The topological polar surface area (TPSA) is 104 Å². The highest BCUT2D eigenvalue weighted by Gasteiger charge is 2.21. The first kappa shape index (κ1) is 27.1. The Hall–Kier alpha value is -3.50. The normalized spacial score (nSPS) is 10.9. The molecule has 0 saturated heterocycles. The van der Waals surface area contributed by atoms with Crippen LogP contribution < -0.4 is 11.1 Å². The van der Waals surface area contributed by atoms with Gasteiger partial charge in [0.05, 0.1) is 5.75 Å². The van der Waals surface area contributed by atoms with Crippen molar-refractivity contribution in [2.45, 2.75) is 48.5 Å². The minimum Gasteiger partial charge on any atom is -0.312 e. The van der Waals surface area contributed by atoms with Gasteiger partial charge in [0.25, 0.3) is 11.1 Å². The third-order valence-electron chi connectivity index (χ3n) is 5.16. The molecule has 0 spiro atoms. The van der Waals surface area contributed by atoms with Crippen molar-refractivity contribution in [2.75, 3.05) is 0 Å². The third kappa shape index (κ3) is 7.25. The Bertz CT molecular complexity index is 1490. The van der Waals surface area contributed by atoms with E-state index < -0.39 is 15.4 Å². The van der Waals surface area contributed by atoms with E-state index in [2.05, 4.69) is 9.97 Å². The van der Waals surface area contributed by atoms with Crippen molar-refractivity contribution in [1.82, 2.24) is 19.1 Å². The predicted octanol–water partition coefficient (Wildman–Crippen LogP) is 3.79. The highest BCUT2D eigenvalue weighted by atomic mass is 32.2. The van der Waals surface area contributed by atoms with E-state index in [4.69, 9.17) is 0 Å². The molecule has 4 rings (SSSR count). The van der Waals surface area contributed by atoms with Crippen LogP contribution in [0.4, 0.5) is 0 Å². The summed E-state index contributed by atoms with van der Waals surface area (Å²) in [5.41, 5.74) is 1.26. The predicted molar refractivity (Wildman–Crippen MR) is 142 cm³/mol. The van der Waals surface area contributed by atoms with E-state index in [-0.39, 0.29) is 16.3 Å². The number of nitrogens with zero attached hydrogens (tertiary/aromatic N) is 4. The second kappa shape index (κ2) is 13.0. The second-order valence-corrected chi connectivity index (χ2v) is 10.5. The number of aromatic nitrogens is 4. The summed E-state index contributed by atoms with van der Waals surface area (Å²) in [6.07, 6.45) is 6.21. The average Bonchev–Trinajstić information content (AvgIpc) is 2.89. The van der Waals surface area contributed by atoms with Crippen molar-refractivity contribution in [1.29, 1.82) is 0 Å². The molecule has 188 valence electrons. The highest BCUT2D eigenvalue weighted by Crippen LogP contribution is 2.17. The summed E-state index contributed by atoms with van der Waals surface area (Å²) < 4.78 is 27.4. The molecule has 0 aliphatic heterocycles. The maximum absolute atomic E-state index is 12.2. The Morgan fingerprint density at radius 3 is 1.86 bits per heavy atom. The molecular weight excluding hydrogens is 496 g/mol. The van der Waals surface area contributed by atoms with Gasteiger partial charge in [-0.25, -0.2) is 18.4 Å². The molecule has 0 bridgehead atoms. The molecule has 0 radical (unpaired) electrons. The largest absolute Gasteiger partial charge is 0.312 e. The number of thioether (sulfide) groups is 1. The number of aryl methyl sites for hydroxylation is 2. The fraction of sp³-hybridized carbons (Fsp3) is 0.231. The summed E-state index contributed by atoms with van der Waals surface area (Å²) in [7, 11) is -3.72. The molecule has 2 heterocycles. The first-order chi connectivity index (χ1) is 17.4. The smallest absolute Gasteiger partial charge is 0.288 e. The van der Waals surface area contributed by atoms with Gasteiger partial charge < -0.3 is 9.13 Å². The number of hydrogen-bond acceptors (Lipinski definition) is 7. The Balaban J connectivity index is 0.000000202. The van der Waals surface area contributed by atoms with Crippen LogP contribution >= 0.6 is 11.8 Å². The minimum atomic E-state index is -3.72. The van der Waals surface area contributed by atoms with Crippen LogP contribution in [0.3, 0.4) is 0 Å². The first-order valence-corrected chi connectivity index (χ1v) is 14.0. The van der Waals surface area contributed by atoms with Crippen molar-refractivity contribution in [3.8, 4) is 0 Å². The quantitative estimate of drug-likeness (QED) is 0.323. The van der Waals surface area contributed by atoms with Crippen LogP contribution in [0.2, 0.25) is 0 Å². The molecule has 10 heteroatoms. The van der Waals surface area contributed by atoms with E-state index in [1.807, 2.05) is 37.3 Å². The van der Waals surface area contributed by atoms with Gasteiger partial charge in [0.15, 0.2) is 5.03 Å². The maximum Gasteiger partial charge on any atom is 0.288 e. The zero-order chi connectivity index (χ0) is 26.0. The average molecular weight is 525 g/mol. The van der Waals surface area contributed by atoms with Crippen LogP contribution in [0, 0.1) is 0 Å². The van der Waals surface area contributed by atoms with E-state index in [0.29, 0.717) is 23.7 Å². The molecule has 0 saturated carbocycles. The lowest BCUT2D eigenvalue weighted by atomic mass is 10.2. The second-order valence-electron chi connectivity index (χ2n) is 7.67. The number of rotatable bonds is 8. The standard InChI is InChI=1S/C13H14N2O3S.C13H14N2OS/c1-2-15-9-8-14-12(13(15)16)19(17,18)10-11-6-4-3-5-7-11;1-2-15-9-8-14-12(13(15)16)17-10-11-6-4-3-5-7-11/h3-9H,2,10H2,1H3;3-9H,2,10H2,1H3. The Labute approximate surface area is 214 Å². The third-order valence-corrected chi connectivity index (χ3v) is 7.77. The SMILES string of the molecule is CCn1ccnc(S(=O)(=O)Cc2ccccc2)c1=O.CCn1ccnc(SCc2ccccc2)c1=O. The lowest BCUT2D eigenvalue weighted by Crippen LogP contribution is -2.27. The van der Waals surface area contributed by atoms with Crippen LogP contribution in [0.15, 0.2) is 105 Å². The van der Waals surface area contributed by atoms with E-state index in [0.717, 1.165) is 5.75 Å². The van der Waals surface area contributed by atoms with Gasteiger partial charge in [-0.05, 0) is 25.0 Å². The van der Waals surface area contributed by atoms with Crippen LogP contribution in [-0.4, -0.2) is 27.5 Å². The van der Waals surface area contributed by atoms with Gasteiger partial charge in [0.2, 0.25) is 14.9 Å². The van der Waals surface area contributed by atoms with E-state index in [9.17, 15) is 18.0 Å². The van der Waals surface area contributed by atoms with E-state index >= 15 is 0 Å². The van der Waals surface area contributed by atoms with Crippen LogP contribution in [0.25, 0.3) is 0 Å². The molecule has 8 nitrogen and oxygen atoms in total. The lowest BCUT2D eigenvalue weighted by molar-refractivity contribution is 0.583. The molecule has 0 fully saturated rings. The van der Waals surface area contributed by atoms with Crippen molar-refractivity contribution in [3.05, 3.63) is 117 Å². The zero-order valence-electron chi connectivity index (χ0n) is 20.1. The van der Waals surface area contributed by atoms with Gasteiger partial charge in [-0.2, -0.15) is 0 Å². The first-order valence-electron chi connectivity index (χ1n) is 11.4. The van der Waals surface area contributed by atoms with Crippen molar-refractivity contribution < 1.29 is 8.42 Å². The zero-order valence-corrected chi connectivity index (χ0v) is 21.8. The lowest BCUT2D eigenvalue weighted by Gasteiger charge is -2.06. The molecule has 0 amide bonds. The number of benzene rings is 2. The van der Waals surface area contributed by atoms with Gasteiger partial charge in [-0.1, -0.05) is 72.4 Å². The van der Waals surface area contributed by atoms with E-state index in [1.54, 1.807) is 54.2 Å². The molecule has 36 heavy (non-hydrogen) atoms. The monoisotopic (exact) mass is 524 g/mol. The summed E-state index contributed by atoms with van der Waals surface area (Å²) in [5.74, 6) is 0.556. The van der Waals surface area contributed by atoms with Gasteiger partial charge in [-0.15, -0.1) is 0 Å². The van der Waals surface area contributed by atoms with Crippen molar-refractivity contribution in [2.24, 2.45) is 0 Å².